The molecule has 4 heterocycles. The molecule has 3 aromatic rings. The van der Waals surface area contributed by atoms with E-state index < -0.39 is 29.6 Å². The minimum atomic E-state index is -0.643. The molecule has 4 amide bonds. The van der Waals surface area contributed by atoms with Gasteiger partial charge in [-0.1, -0.05) is 23.8 Å². The first-order valence-corrected chi connectivity index (χ1v) is 16.6. The Kier molecular flexibility index (Phi) is 7.01. The molecule has 2 saturated heterocycles. The molecule has 3 fully saturated rings. The van der Waals surface area contributed by atoms with E-state index in [-0.39, 0.29) is 54.1 Å². The zero-order valence-corrected chi connectivity index (χ0v) is 26.4. The van der Waals surface area contributed by atoms with E-state index in [1.165, 1.54) is 39.6 Å². The van der Waals surface area contributed by atoms with Crippen molar-refractivity contribution in [3.63, 3.8) is 0 Å². The number of benzene rings is 1. The molecule has 0 radical (unpaired) electrons. The Morgan fingerprint density at radius 3 is 2.10 bits per heavy atom. The Balaban J connectivity index is 1.31. The van der Waals surface area contributed by atoms with Gasteiger partial charge < -0.3 is 9.84 Å². The first-order chi connectivity index (χ1) is 20.3. The Bertz CT molecular complexity index is 1630. The van der Waals surface area contributed by atoms with E-state index in [1.807, 2.05) is 69.8 Å². The highest BCUT2D eigenvalue weighted by Crippen LogP contribution is 2.58. The van der Waals surface area contributed by atoms with Crippen molar-refractivity contribution in [2.24, 2.45) is 29.6 Å². The van der Waals surface area contributed by atoms with Crippen molar-refractivity contribution in [1.82, 2.24) is 9.80 Å². The number of nitrogens with zero attached hydrogens (tertiary/aromatic N) is 2. The number of halogens is 1. The topological polar surface area (TPSA) is 104 Å². The summed E-state index contributed by atoms with van der Waals surface area (Å²) < 4.78 is 6.03. The Morgan fingerprint density at radius 2 is 1.50 bits per heavy atom. The molecule has 1 aromatic carbocycles. The average Bonchev–Trinajstić information content (AvgIpc) is 3.78. The maximum absolute atomic E-state index is 14.1. The zero-order chi connectivity index (χ0) is 29.3. The zero-order valence-electron chi connectivity index (χ0n) is 22.6. The maximum atomic E-state index is 14.1. The number of likely N-dealkylation sites (tertiary alicyclic amines) is 2. The van der Waals surface area contributed by atoms with E-state index in [4.69, 9.17) is 4.74 Å². The monoisotopic (exact) mass is 714 g/mol. The van der Waals surface area contributed by atoms with Crippen LogP contribution >= 0.6 is 45.3 Å². The second-order valence-electron chi connectivity index (χ2n) is 11.3. The van der Waals surface area contributed by atoms with Crippen molar-refractivity contribution in [2.45, 2.75) is 31.8 Å². The van der Waals surface area contributed by atoms with Crippen LogP contribution in [0.15, 0.2) is 58.8 Å². The van der Waals surface area contributed by atoms with Crippen molar-refractivity contribution in [3.05, 3.63) is 77.7 Å². The fourth-order valence-electron chi connectivity index (χ4n) is 7.45. The highest BCUT2D eigenvalue weighted by atomic mass is 127. The number of hydrogen-bond donors (Lipinski definition) is 1. The number of thiophene rings is 2. The number of allylic oxidation sites excluding steroid dienone is 2. The predicted molar refractivity (Wildman–Crippen MR) is 165 cm³/mol. The number of fused-ring (bicyclic) bond motifs is 4. The summed E-state index contributed by atoms with van der Waals surface area (Å²) in [7, 11) is 1.48. The molecule has 2 aromatic heterocycles. The molecule has 6 unspecified atom stereocenters. The normalized spacial score (nSPS) is 28.6. The molecule has 4 aliphatic rings. The van der Waals surface area contributed by atoms with Crippen LogP contribution in [-0.2, 0) is 32.3 Å². The van der Waals surface area contributed by atoms with Crippen LogP contribution in [0.5, 0.6) is 11.5 Å². The van der Waals surface area contributed by atoms with Gasteiger partial charge in [0.05, 0.1) is 47.4 Å². The molecule has 0 spiro atoms. The lowest BCUT2D eigenvalue weighted by atomic mass is 9.57. The summed E-state index contributed by atoms with van der Waals surface area (Å²) in [5, 5.41) is 14.4. The van der Waals surface area contributed by atoms with Crippen molar-refractivity contribution < 1.29 is 29.0 Å². The number of imide groups is 2. The molecule has 7 rings (SSSR count). The van der Waals surface area contributed by atoms with Crippen LogP contribution in [0.3, 0.4) is 0 Å². The SMILES string of the molecule is COc1cc(C2C3=CCC4C(=O)N(Cc5cccs5)C(=O)C4C3CC3C(=O)N(Cc4cccs4)C(=O)C32)cc(I)c1O. The summed E-state index contributed by atoms with van der Waals surface area (Å²) in [5.74, 6) is -3.67. The van der Waals surface area contributed by atoms with Gasteiger partial charge in [-0.2, -0.15) is 0 Å². The molecule has 216 valence electrons. The number of methoxy groups -OCH3 is 1. The van der Waals surface area contributed by atoms with Gasteiger partial charge in [-0.05, 0) is 81.9 Å². The molecule has 0 bridgehead atoms. The second kappa shape index (κ2) is 10.6. The summed E-state index contributed by atoms with van der Waals surface area (Å²) >= 11 is 5.05. The van der Waals surface area contributed by atoms with E-state index in [9.17, 15) is 24.3 Å². The number of carbonyl (C=O) groups is 4. The van der Waals surface area contributed by atoms with Gasteiger partial charge in [0.25, 0.3) is 0 Å². The number of phenols is 1. The number of aromatic hydroxyl groups is 1. The van der Waals surface area contributed by atoms with Gasteiger partial charge in [-0.15, -0.1) is 22.7 Å². The number of rotatable bonds is 6. The van der Waals surface area contributed by atoms with Crippen molar-refractivity contribution in [2.75, 3.05) is 7.11 Å². The molecule has 11 heteroatoms. The predicted octanol–water partition coefficient (Wildman–Crippen LogP) is 5.16. The third-order valence-electron chi connectivity index (χ3n) is 9.25. The van der Waals surface area contributed by atoms with Gasteiger partial charge in [-0.3, -0.25) is 29.0 Å². The van der Waals surface area contributed by atoms with E-state index in [2.05, 4.69) is 0 Å². The smallest absolute Gasteiger partial charge is 0.234 e. The molecule has 6 atom stereocenters. The highest BCUT2D eigenvalue weighted by molar-refractivity contribution is 14.1. The number of hydrogen-bond acceptors (Lipinski definition) is 8. The minimum Gasteiger partial charge on any atom is -0.504 e. The second-order valence-corrected chi connectivity index (χ2v) is 14.5. The van der Waals surface area contributed by atoms with Gasteiger partial charge >= 0.3 is 0 Å². The van der Waals surface area contributed by atoms with Crippen LogP contribution in [0.1, 0.15) is 34.1 Å². The number of carbonyl (C=O) groups excluding carboxylic acids is 4. The van der Waals surface area contributed by atoms with Gasteiger partial charge in [0, 0.05) is 15.7 Å². The quantitative estimate of drug-likeness (QED) is 0.215. The van der Waals surface area contributed by atoms with Crippen molar-refractivity contribution >= 4 is 68.9 Å². The van der Waals surface area contributed by atoms with Crippen LogP contribution < -0.4 is 4.74 Å². The Labute approximate surface area is 264 Å². The summed E-state index contributed by atoms with van der Waals surface area (Å²) in [6.45, 7) is 0.465. The van der Waals surface area contributed by atoms with Crippen LogP contribution in [-0.4, -0.2) is 45.6 Å². The standard InChI is InChI=1S/C31H27IN2O6S2/c1-40-23-11-15(10-22(32)27(23)35)24-18-6-7-19-25(30(38)33(28(19)36)13-16-4-2-8-41-16)20(18)12-21-26(24)31(39)34(29(21)37)14-17-5-3-9-42-17/h2-6,8-11,19-21,24-26,35H,7,12-14H2,1H3. The third kappa shape index (κ3) is 4.26. The molecule has 2 aliphatic heterocycles. The average molecular weight is 715 g/mol. The fourth-order valence-corrected chi connectivity index (χ4v) is 9.46. The first-order valence-electron chi connectivity index (χ1n) is 13.8. The van der Waals surface area contributed by atoms with E-state index in [0.717, 1.165) is 20.9 Å². The van der Waals surface area contributed by atoms with Crippen molar-refractivity contribution in [1.29, 1.82) is 0 Å². The largest absolute Gasteiger partial charge is 0.504 e. The van der Waals surface area contributed by atoms with Crippen LogP contribution in [0.4, 0.5) is 0 Å². The molecule has 2 aliphatic carbocycles. The molecule has 1 saturated carbocycles. The lowest BCUT2D eigenvalue weighted by Crippen LogP contribution is -2.43. The van der Waals surface area contributed by atoms with Gasteiger partial charge in [-0.25, -0.2) is 0 Å². The summed E-state index contributed by atoms with van der Waals surface area (Å²) in [6.07, 6.45) is 2.79. The fraction of sp³-hybridized carbons (Fsp3) is 0.355. The number of phenolic OH excluding ortho intramolecular Hbond substituents is 1. The van der Waals surface area contributed by atoms with Crippen LogP contribution in [0, 0.1) is 33.2 Å². The van der Waals surface area contributed by atoms with Crippen LogP contribution in [0.25, 0.3) is 0 Å². The molecule has 8 nitrogen and oxygen atoms in total. The Morgan fingerprint density at radius 1 is 0.881 bits per heavy atom. The lowest BCUT2D eigenvalue weighted by Gasteiger charge is -2.44. The number of ether oxygens (including phenoxy) is 1. The van der Waals surface area contributed by atoms with Crippen LogP contribution in [0.2, 0.25) is 0 Å². The van der Waals surface area contributed by atoms with Gasteiger partial charge in [0.1, 0.15) is 0 Å². The minimum absolute atomic E-state index is 0.0115. The lowest BCUT2D eigenvalue weighted by molar-refractivity contribution is -0.142. The van der Waals surface area contributed by atoms with Crippen molar-refractivity contribution in [3.8, 4) is 11.5 Å². The summed E-state index contributed by atoms with van der Waals surface area (Å²) in [6, 6.07) is 11.2. The van der Waals surface area contributed by atoms with E-state index >= 15 is 0 Å². The van der Waals surface area contributed by atoms with Gasteiger partial charge in [0.2, 0.25) is 23.6 Å². The highest BCUT2D eigenvalue weighted by Gasteiger charge is 2.62. The maximum Gasteiger partial charge on any atom is 0.234 e. The summed E-state index contributed by atoms with van der Waals surface area (Å²) in [4.78, 5) is 60.2. The van der Waals surface area contributed by atoms with E-state index in [1.54, 1.807) is 6.07 Å². The van der Waals surface area contributed by atoms with Gasteiger partial charge in [0.15, 0.2) is 11.5 Å². The summed E-state index contributed by atoms with van der Waals surface area (Å²) in [5.41, 5.74) is 1.68. The number of amides is 4. The first kappa shape index (κ1) is 27.8. The molecule has 42 heavy (non-hydrogen) atoms. The Hall–Kier alpha value is -3.03. The molecule has 1 N–H and O–H groups in total. The third-order valence-corrected chi connectivity index (χ3v) is 11.8. The van der Waals surface area contributed by atoms with E-state index in [0.29, 0.717) is 16.4 Å². The molecular weight excluding hydrogens is 687 g/mol. The molecular formula is C31H27IN2O6S2.